The molecule has 3 aromatic carbocycles. The predicted molar refractivity (Wildman–Crippen MR) is 130 cm³/mol. The van der Waals surface area contributed by atoms with E-state index in [9.17, 15) is 13.2 Å². The van der Waals surface area contributed by atoms with Gasteiger partial charge in [0.15, 0.2) is 11.6 Å². The molecule has 3 aromatic rings. The Hall–Kier alpha value is -2.85. The Bertz CT molecular complexity index is 1190. The number of rotatable bonds is 6. The highest BCUT2D eigenvalue weighted by Crippen LogP contribution is 2.39. The largest absolute Gasteiger partial charge is 0.368 e. The standard InChI is InChI=1S/C30H29F3O/c1-2-19-3-10-22(11-4-19)25-15-13-23(29(32)30(25)33)12-7-20-5-8-21(9-6-20)24-14-16-26(27(31)17-24)28-18-34-28/h3-4,7,10-17,20-21,28H,2,5-6,8-9,18H2,1H3/b12-7+. The Labute approximate surface area is 199 Å². The zero-order chi connectivity index (χ0) is 23.7. The average Bonchev–Trinajstić information content (AvgIpc) is 3.71. The van der Waals surface area contributed by atoms with E-state index in [1.165, 1.54) is 0 Å². The molecule has 0 bridgehead atoms. The summed E-state index contributed by atoms with van der Waals surface area (Å²) in [5.74, 6) is -1.15. The second-order valence-corrected chi connectivity index (χ2v) is 9.45. The highest BCUT2D eigenvalue weighted by Gasteiger charge is 2.29. The quantitative estimate of drug-likeness (QED) is 0.335. The fourth-order valence-electron chi connectivity index (χ4n) is 5.01. The van der Waals surface area contributed by atoms with E-state index < -0.39 is 11.6 Å². The van der Waals surface area contributed by atoms with Crippen molar-refractivity contribution < 1.29 is 17.9 Å². The lowest BCUT2D eigenvalue weighted by Crippen LogP contribution is -2.12. The van der Waals surface area contributed by atoms with Crippen LogP contribution in [0.15, 0.2) is 60.7 Å². The third-order valence-corrected chi connectivity index (χ3v) is 7.28. The summed E-state index contributed by atoms with van der Waals surface area (Å²) in [6.07, 6.45) is 8.34. The Morgan fingerprint density at radius 3 is 2.26 bits per heavy atom. The first-order chi connectivity index (χ1) is 16.5. The van der Waals surface area contributed by atoms with Crippen LogP contribution in [0.5, 0.6) is 0 Å². The van der Waals surface area contributed by atoms with Crippen molar-refractivity contribution in [3.05, 3.63) is 100 Å². The van der Waals surface area contributed by atoms with Crippen molar-refractivity contribution >= 4 is 6.08 Å². The van der Waals surface area contributed by atoms with Gasteiger partial charge in [-0.1, -0.05) is 67.6 Å². The van der Waals surface area contributed by atoms with Crippen LogP contribution in [0.2, 0.25) is 0 Å². The van der Waals surface area contributed by atoms with Gasteiger partial charge in [-0.25, -0.2) is 13.2 Å². The average molecular weight is 463 g/mol. The molecule has 1 saturated carbocycles. The molecule has 0 amide bonds. The summed E-state index contributed by atoms with van der Waals surface area (Å²) >= 11 is 0. The van der Waals surface area contributed by atoms with E-state index in [0.29, 0.717) is 29.6 Å². The van der Waals surface area contributed by atoms with Gasteiger partial charge in [0.1, 0.15) is 11.9 Å². The fourth-order valence-corrected chi connectivity index (χ4v) is 5.01. The number of aryl methyl sites for hydroxylation is 1. The maximum atomic E-state index is 14.8. The Kier molecular flexibility index (Phi) is 6.60. The van der Waals surface area contributed by atoms with Crippen molar-refractivity contribution in [3.8, 4) is 11.1 Å². The summed E-state index contributed by atoms with van der Waals surface area (Å²) in [7, 11) is 0. The minimum absolute atomic E-state index is 0.0733. The SMILES string of the molecule is CCc1ccc(-c2ccc(/C=C/C3CCC(c4ccc(C5CO5)c(F)c4)CC3)c(F)c2F)cc1. The Balaban J connectivity index is 1.22. The van der Waals surface area contributed by atoms with Crippen LogP contribution >= 0.6 is 0 Å². The normalized spacial score (nSPS) is 22.3. The number of hydrogen-bond acceptors (Lipinski definition) is 1. The van der Waals surface area contributed by atoms with Gasteiger partial charge in [-0.2, -0.15) is 0 Å². The van der Waals surface area contributed by atoms with Crippen molar-refractivity contribution in [2.45, 2.75) is 51.0 Å². The molecular weight excluding hydrogens is 433 g/mol. The number of hydrogen-bond donors (Lipinski definition) is 0. The molecule has 4 heteroatoms. The molecule has 1 heterocycles. The Morgan fingerprint density at radius 2 is 1.62 bits per heavy atom. The summed E-state index contributed by atoms with van der Waals surface area (Å²) in [6, 6.07) is 16.4. The highest BCUT2D eigenvalue weighted by atomic mass is 19.2. The maximum absolute atomic E-state index is 14.8. The first-order valence-electron chi connectivity index (χ1n) is 12.2. The topological polar surface area (TPSA) is 12.5 Å². The van der Waals surface area contributed by atoms with Gasteiger partial charge >= 0.3 is 0 Å². The van der Waals surface area contributed by atoms with Crippen LogP contribution < -0.4 is 0 Å². The summed E-state index contributed by atoms with van der Waals surface area (Å²) in [4.78, 5) is 0. The van der Waals surface area contributed by atoms with Crippen LogP contribution in [-0.2, 0) is 11.2 Å². The molecule has 1 atom stereocenters. The molecule has 1 saturated heterocycles. The van der Waals surface area contributed by atoms with E-state index in [-0.39, 0.29) is 23.0 Å². The number of benzene rings is 3. The van der Waals surface area contributed by atoms with Gasteiger partial charge in [-0.05, 0) is 66.7 Å². The number of allylic oxidation sites excluding steroid dienone is 1. The van der Waals surface area contributed by atoms with Crippen LogP contribution in [0.1, 0.15) is 66.9 Å². The van der Waals surface area contributed by atoms with Crippen LogP contribution in [0, 0.1) is 23.4 Å². The molecule has 2 fully saturated rings. The highest BCUT2D eigenvalue weighted by molar-refractivity contribution is 5.67. The van der Waals surface area contributed by atoms with Crippen LogP contribution in [-0.4, -0.2) is 6.61 Å². The third-order valence-electron chi connectivity index (χ3n) is 7.28. The molecule has 34 heavy (non-hydrogen) atoms. The monoisotopic (exact) mass is 462 g/mol. The van der Waals surface area contributed by atoms with Crippen molar-refractivity contribution in [3.63, 3.8) is 0 Å². The number of ether oxygens (including phenoxy) is 1. The third kappa shape index (κ3) is 4.83. The fraction of sp³-hybridized carbons (Fsp3) is 0.333. The summed E-state index contributed by atoms with van der Waals surface area (Å²) < 4.78 is 49.2. The number of epoxide rings is 1. The Morgan fingerprint density at radius 1 is 0.882 bits per heavy atom. The molecule has 2 aliphatic rings. The smallest absolute Gasteiger partial charge is 0.167 e. The van der Waals surface area contributed by atoms with Gasteiger partial charge in [0.25, 0.3) is 0 Å². The lowest BCUT2D eigenvalue weighted by Gasteiger charge is -2.27. The minimum Gasteiger partial charge on any atom is -0.368 e. The molecule has 5 rings (SSSR count). The van der Waals surface area contributed by atoms with Crippen LogP contribution in [0.25, 0.3) is 17.2 Å². The van der Waals surface area contributed by atoms with E-state index in [4.69, 9.17) is 4.74 Å². The lowest BCUT2D eigenvalue weighted by molar-refractivity contribution is 0.375. The van der Waals surface area contributed by atoms with Crippen molar-refractivity contribution in [2.75, 3.05) is 6.61 Å². The van der Waals surface area contributed by atoms with Gasteiger partial charge in [0.05, 0.1) is 6.61 Å². The molecule has 0 radical (unpaired) electrons. The zero-order valence-electron chi connectivity index (χ0n) is 19.4. The van der Waals surface area contributed by atoms with E-state index in [1.807, 2.05) is 42.5 Å². The first kappa shape index (κ1) is 22.9. The second kappa shape index (κ2) is 9.79. The van der Waals surface area contributed by atoms with Crippen LogP contribution in [0.4, 0.5) is 13.2 Å². The van der Waals surface area contributed by atoms with E-state index in [2.05, 4.69) is 6.92 Å². The summed E-state index contributed by atoms with van der Waals surface area (Å²) in [5, 5.41) is 0. The van der Waals surface area contributed by atoms with Gasteiger partial charge in [-0.15, -0.1) is 0 Å². The van der Waals surface area contributed by atoms with E-state index in [0.717, 1.165) is 43.2 Å². The zero-order valence-corrected chi connectivity index (χ0v) is 19.4. The predicted octanol–water partition coefficient (Wildman–Crippen LogP) is 8.39. The molecule has 0 N–H and O–H groups in total. The van der Waals surface area contributed by atoms with Gasteiger partial charge in [0.2, 0.25) is 0 Å². The number of halogens is 3. The molecular formula is C30H29F3O. The minimum atomic E-state index is -0.808. The van der Waals surface area contributed by atoms with Crippen molar-refractivity contribution in [1.82, 2.24) is 0 Å². The van der Waals surface area contributed by atoms with Crippen LogP contribution in [0.3, 0.4) is 0 Å². The maximum Gasteiger partial charge on any atom is 0.167 e. The molecule has 1 unspecified atom stereocenters. The molecule has 176 valence electrons. The van der Waals surface area contributed by atoms with Gasteiger partial charge in [0, 0.05) is 16.7 Å². The molecule has 0 aromatic heterocycles. The summed E-state index contributed by atoms with van der Waals surface area (Å²) in [6.45, 7) is 2.66. The molecule has 1 aliphatic heterocycles. The lowest BCUT2D eigenvalue weighted by atomic mass is 9.78. The summed E-state index contributed by atoms with van der Waals surface area (Å²) in [5.41, 5.74) is 4.09. The van der Waals surface area contributed by atoms with E-state index in [1.54, 1.807) is 24.3 Å². The van der Waals surface area contributed by atoms with Crippen molar-refractivity contribution in [1.29, 1.82) is 0 Å². The van der Waals surface area contributed by atoms with Crippen molar-refractivity contribution in [2.24, 2.45) is 5.92 Å². The van der Waals surface area contributed by atoms with Gasteiger partial charge in [-0.3, -0.25) is 0 Å². The molecule has 0 spiro atoms. The van der Waals surface area contributed by atoms with Gasteiger partial charge < -0.3 is 4.74 Å². The van der Waals surface area contributed by atoms with E-state index >= 15 is 0 Å². The first-order valence-corrected chi connectivity index (χ1v) is 12.2. The second-order valence-electron chi connectivity index (χ2n) is 9.45. The molecule has 1 nitrogen and oxygen atoms in total. The molecule has 1 aliphatic carbocycles.